The number of hydrogen-bond acceptors (Lipinski definition) is 8. The lowest BCUT2D eigenvalue weighted by Gasteiger charge is -2.01. The van der Waals surface area contributed by atoms with Crippen LogP contribution in [0.5, 0.6) is 0 Å². The van der Waals surface area contributed by atoms with Crippen LogP contribution >= 0.6 is 11.3 Å². The number of nitro groups is 2. The third-order valence-corrected chi connectivity index (χ3v) is 4.42. The van der Waals surface area contributed by atoms with Gasteiger partial charge in [-0.15, -0.1) is 11.3 Å². The van der Waals surface area contributed by atoms with Gasteiger partial charge in [0.05, 0.1) is 21.3 Å². The van der Waals surface area contributed by atoms with Crippen molar-refractivity contribution in [3.8, 4) is 11.3 Å². The van der Waals surface area contributed by atoms with Crippen molar-refractivity contribution in [2.45, 2.75) is 6.92 Å². The van der Waals surface area contributed by atoms with Crippen LogP contribution in [0.15, 0.2) is 59.0 Å². The summed E-state index contributed by atoms with van der Waals surface area (Å²) in [5, 5.41) is 28.1. The Morgan fingerprint density at radius 2 is 1.78 bits per heavy atom. The lowest BCUT2D eigenvalue weighted by molar-refractivity contribution is -0.385. The van der Waals surface area contributed by atoms with Crippen molar-refractivity contribution >= 4 is 33.6 Å². The maximum Gasteiger partial charge on any atom is 0.270 e. The van der Waals surface area contributed by atoms with Gasteiger partial charge in [0, 0.05) is 40.8 Å². The van der Waals surface area contributed by atoms with E-state index in [0.717, 1.165) is 5.56 Å². The second kappa shape index (κ2) is 7.70. The summed E-state index contributed by atoms with van der Waals surface area (Å²) in [7, 11) is 0. The number of anilines is 1. The molecule has 3 rings (SSSR count). The number of nitrogens with zero attached hydrogens (tertiary/aromatic N) is 4. The molecule has 136 valence electrons. The van der Waals surface area contributed by atoms with E-state index >= 15 is 0 Å². The van der Waals surface area contributed by atoms with Gasteiger partial charge in [0.2, 0.25) is 5.13 Å². The van der Waals surface area contributed by atoms with Gasteiger partial charge in [-0.2, -0.15) is 5.10 Å². The Morgan fingerprint density at radius 1 is 1.07 bits per heavy atom. The van der Waals surface area contributed by atoms with E-state index < -0.39 is 9.85 Å². The van der Waals surface area contributed by atoms with Crippen LogP contribution in [-0.2, 0) is 0 Å². The van der Waals surface area contributed by atoms with E-state index in [4.69, 9.17) is 0 Å². The summed E-state index contributed by atoms with van der Waals surface area (Å²) < 4.78 is 0. The van der Waals surface area contributed by atoms with Gasteiger partial charge >= 0.3 is 0 Å². The van der Waals surface area contributed by atoms with Crippen molar-refractivity contribution < 1.29 is 9.85 Å². The van der Waals surface area contributed by atoms with E-state index in [1.54, 1.807) is 31.2 Å². The summed E-state index contributed by atoms with van der Waals surface area (Å²) in [5.74, 6) is 0. The Hall–Kier alpha value is -3.66. The second-order valence-electron chi connectivity index (χ2n) is 5.46. The average molecular weight is 383 g/mol. The third-order valence-electron chi connectivity index (χ3n) is 3.67. The van der Waals surface area contributed by atoms with Crippen LogP contribution in [0, 0.1) is 20.2 Å². The number of non-ortho nitro benzene ring substituents is 2. The predicted octanol–water partition coefficient (Wildman–Crippen LogP) is 4.46. The number of hydrogen-bond donors (Lipinski definition) is 1. The maximum absolute atomic E-state index is 10.9. The molecule has 0 fully saturated rings. The lowest BCUT2D eigenvalue weighted by atomic mass is 10.1. The van der Waals surface area contributed by atoms with Gasteiger partial charge in [-0.25, -0.2) is 4.98 Å². The van der Waals surface area contributed by atoms with Gasteiger partial charge in [0.25, 0.3) is 11.4 Å². The lowest BCUT2D eigenvalue weighted by Crippen LogP contribution is -2.00. The zero-order valence-electron chi connectivity index (χ0n) is 14.0. The monoisotopic (exact) mass is 383 g/mol. The summed E-state index contributed by atoms with van der Waals surface area (Å²) in [4.78, 5) is 25.0. The second-order valence-corrected chi connectivity index (χ2v) is 6.32. The Balaban J connectivity index is 1.73. The maximum atomic E-state index is 10.9. The minimum absolute atomic E-state index is 0.00300. The van der Waals surface area contributed by atoms with E-state index in [-0.39, 0.29) is 11.4 Å². The number of nitrogens with one attached hydrogen (secondary N) is 1. The van der Waals surface area contributed by atoms with Gasteiger partial charge in [0.15, 0.2) is 0 Å². The van der Waals surface area contributed by atoms with Gasteiger partial charge < -0.3 is 0 Å². The largest absolute Gasteiger partial charge is 0.270 e. The molecule has 0 amide bonds. The molecule has 0 unspecified atom stereocenters. The van der Waals surface area contributed by atoms with Crippen LogP contribution in [0.4, 0.5) is 16.5 Å². The fourth-order valence-electron chi connectivity index (χ4n) is 2.25. The van der Waals surface area contributed by atoms with E-state index in [1.807, 2.05) is 5.38 Å². The Kier molecular flexibility index (Phi) is 5.18. The summed E-state index contributed by atoms with van der Waals surface area (Å²) >= 11 is 1.33. The van der Waals surface area contributed by atoms with Gasteiger partial charge in [-0.3, -0.25) is 25.7 Å². The zero-order chi connectivity index (χ0) is 19.4. The summed E-state index contributed by atoms with van der Waals surface area (Å²) in [6.07, 6.45) is 0. The first-order valence-corrected chi connectivity index (χ1v) is 8.57. The highest BCUT2D eigenvalue weighted by Crippen LogP contribution is 2.26. The highest BCUT2D eigenvalue weighted by Gasteiger charge is 2.09. The van der Waals surface area contributed by atoms with Crippen LogP contribution in [0.2, 0.25) is 0 Å². The van der Waals surface area contributed by atoms with Crippen molar-refractivity contribution in [3.63, 3.8) is 0 Å². The predicted molar refractivity (Wildman–Crippen MR) is 103 cm³/mol. The molecule has 2 aromatic carbocycles. The van der Waals surface area contributed by atoms with Gasteiger partial charge in [-0.1, -0.05) is 12.1 Å². The summed E-state index contributed by atoms with van der Waals surface area (Å²) in [6.45, 7) is 1.73. The topological polar surface area (TPSA) is 124 Å². The number of aromatic nitrogens is 1. The molecule has 3 aromatic rings. The summed E-state index contributed by atoms with van der Waals surface area (Å²) in [6, 6.07) is 12.3. The first kappa shape index (κ1) is 18.1. The molecular weight excluding hydrogens is 370 g/mol. The smallest absolute Gasteiger partial charge is 0.258 e. The Labute approximate surface area is 157 Å². The standard InChI is InChI=1S/C17H13N5O4S/c1-11(13-3-2-4-15(9-13)22(25)26)19-20-17-18-16(10-27-17)12-5-7-14(8-6-12)21(23)24/h2-10H,1H3,(H,18,20)/b19-11+. The molecule has 0 spiro atoms. The number of rotatable bonds is 6. The molecule has 1 aromatic heterocycles. The molecule has 1 heterocycles. The number of hydrazone groups is 1. The SMILES string of the molecule is C/C(=N\Nc1nc(-c2ccc([N+](=O)[O-])cc2)cs1)c1cccc([N+](=O)[O-])c1. The normalized spacial score (nSPS) is 11.2. The molecule has 0 radical (unpaired) electrons. The van der Waals surface area contributed by atoms with E-state index in [1.165, 1.54) is 35.6 Å². The number of benzene rings is 2. The molecule has 0 atom stereocenters. The molecule has 27 heavy (non-hydrogen) atoms. The molecule has 0 bridgehead atoms. The van der Waals surface area contributed by atoms with E-state index in [0.29, 0.717) is 22.1 Å². The van der Waals surface area contributed by atoms with Crippen molar-refractivity contribution in [1.82, 2.24) is 4.98 Å². The minimum atomic E-state index is -0.457. The highest BCUT2D eigenvalue weighted by atomic mass is 32.1. The molecular formula is C17H13N5O4S. The molecule has 9 nitrogen and oxygen atoms in total. The van der Waals surface area contributed by atoms with E-state index in [9.17, 15) is 20.2 Å². The van der Waals surface area contributed by atoms with Crippen molar-refractivity contribution in [1.29, 1.82) is 0 Å². The van der Waals surface area contributed by atoms with Crippen LogP contribution in [-0.4, -0.2) is 20.5 Å². The van der Waals surface area contributed by atoms with Crippen LogP contribution < -0.4 is 5.43 Å². The van der Waals surface area contributed by atoms with Crippen LogP contribution in [0.1, 0.15) is 12.5 Å². The first-order chi connectivity index (χ1) is 12.9. The fraction of sp³-hybridized carbons (Fsp3) is 0.0588. The van der Waals surface area contributed by atoms with Crippen LogP contribution in [0.25, 0.3) is 11.3 Å². The van der Waals surface area contributed by atoms with Crippen molar-refractivity contribution in [2.75, 3.05) is 5.43 Å². The Morgan fingerprint density at radius 3 is 2.44 bits per heavy atom. The number of thiazole rings is 1. The molecule has 10 heteroatoms. The number of nitro benzene ring substituents is 2. The summed E-state index contributed by atoms with van der Waals surface area (Å²) in [5.41, 5.74) is 5.47. The van der Waals surface area contributed by atoms with Crippen molar-refractivity contribution in [2.24, 2.45) is 5.10 Å². The molecule has 0 aliphatic carbocycles. The molecule has 0 aliphatic heterocycles. The molecule has 0 aliphatic rings. The average Bonchev–Trinajstić information content (AvgIpc) is 3.15. The molecule has 0 saturated carbocycles. The molecule has 0 saturated heterocycles. The van der Waals surface area contributed by atoms with E-state index in [2.05, 4.69) is 15.5 Å². The van der Waals surface area contributed by atoms with Crippen LogP contribution in [0.3, 0.4) is 0 Å². The van der Waals surface area contributed by atoms with Gasteiger partial charge in [-0.05, 0) is 19.1 Å². The molecule has 1 N–H and O–H groups in total. The van der Waals surface area contributed by atoms with Crippen molar-refractivity contribution in [3.05, 3.63) is 79.7 Å². The van der Waals surface area contributed by atoms with Gasteiger partial charge in [0.1, 0.15) is 0 Å². The minimum Gasteiger partial charge on any atom is -0.258 e. The quantitative estimate of drug-likeness (QED) is 0.381. The fourth-order valence-corrected chi connectivity index (χ4v) is 2.91. The first-order valence-electron chi connectivity index (χ1n) is 7.69. The zero-order valence-corrected chi connectivity index (χ0v) is 14.8. The third kappa shape index (κ3) is 4.30. The Bertz CT molecular complexity index is 1030. The highest BCUT2D eigenvalue weighted by molar-refractivity contribution is 7.14.